The van der Waals surface area contributed by atoms with Gasteiger partial charge in [-0.25, -0.2) is 8.42 Å². The number of carbonyl (C=O) groups is 1. The Kier molecular flexibility index (Phi) is 4.98. The minimum atomic E-state index is -3.60. The SMILES string of the molecule is CN(CC(N)=O)S(=O)(=O)Cc1cccc(C(N)=S)c1. The predicted octanol–water partition coefficient (Wildman–Crippen LogP) is -0.432. The molecule has 0 unspecified atom stereocenters. The van der Waals surface area contributed by atoms with Crippen LogP contribution in [0.4, 0.5) is 0 Å². The molecule has 0 atom stereocenters. The third kappa shape index (κ3) is 4.58. The van der Waals surface area contributed by atoms with Crippen molar-refractivity contribution in [2.45, 2.75) is 5.75 Å². The van der Waals surface area contributed by atoms with Crippen molar-refractivity contribution in [1.82, 2.24) is 4.31 Å². The van der Waals surface area contributed by atoms with Gasteiger partial charge in [0.2, 0.25) is 15.9 Å². The minimum absolute atomic E-state index is 0.199. The first kappa shape index (κ1) is 15.5. The molecule has 19 heavy (non-hydrogen) atoms. The van der Waals surface area contributed by atoms with Crippen molar-refractivity contribution in [1.29, 1.82) is 0 Å². The fourth-order valence-electron chi connectivity index (χ4n) is 1.45. The van der Waals surface area contributed by atoms with Crippen molar-refractivity contribution in [3.8, 4) is 0 Å². The zero-order valence-electron chi connectivity index (χ0n) is 10.4. The van der Waals surface area contributed by atoms with Crippen molar-refractivity contribution >= 4 is 33.1 Å². The van der Waals surface area contributed by atoms with Gasteiger partial charge in [-0.3, -0.25) is 4.79 Å². The lowest BCUT2D eigenvalue weighted by atomic mass is 10.1. The van der Waals surface area contributed by atoms with Crippen LogP contribution in [0.2, 0.25) is 0 Å². The van der Waals surface area contributed by atoms with Gasteiger partial charge in [0.25, 0.3) is 0 Å². The summed E-state index contributed by atoms with van der Waals surface area (Å²) in [6.45, 7) is -0.350. The maximum absolute atomic E-state index is 12.0. The van der Waals surface area contributed by atoms with Crippen molar-refractivity contribution < 1.29 is 13.2 Å². The second kappa shape index (κ2) is 6.09. The molecule has 0 radical (unpaired) electrons. The molecule has 0 spiro atoms. The number of nitrogens with two attached hydrogens (primary N) is 2. The van der Waals surface area contributed by atoms with Crippen LogP contribution in [0, 0.1) is 0 Å². The molecule has 1 rings (SSSR count). The Morgan fingerprint density at radius 2 is 2.00 bits per heavy atom. The van der Waals surface area contributed by atoms with E-state index in [9.17, 15) is 13.2 Å². The molecule has 0 aliphatic heterocycles. The Hall–Kier alpha value is -1.51. The molecule has 0 aliphatic rings. The fraction of sp³-hybridized carbons (Fsp3) is 0.273. The standard InChI is InChI=1S/C11H15N3O3S2/c1-14(6-10(12)15)19(16,17)7-8-3-2-4-9(5-8)11(13)18/h2-5H,6-7H2,1H3,(H2,12,15)(H2,13,18). The molecule has 4 N–H and O–H groups in total. The number of sulfonamides is 1. The van der Waals surface area contributed by atoms with Crippen LogP contribution in [0.25, 0.3) is 0 Å². The van der Waals surface area contributed by atoms with Gasteiger partial charge in [-0.15, -0.1) is 0 Å². The summed E-state index contributed by atoms with van der Waals surface area (Å²) in [5.41, 5.74) is 11.6. The molecular weight excluding hydrogens is 286 g/mol. The maximum atomic E-state index is 12.0. The van der Waals surface area contributed by atoms with E-state index in [-0.39, 0.29) is 17.3 Å². The van der Waals surface area contributed by atoms with Crippen LogP contribution in [0.5, 0.6) is 0 Å². The topological polar surface area (TPSA) is 106 Å². The molecule has 0 fully saturated rings. The molecule has 8 heteroatoms. The van der Waals surface area contributed by atoms with Gasteiger partial charge in [-0.1, -0.05) is 30.4 Å². The van der Waals surface area contributed by atoms with Gasteiger partial charge >= 0.3 is 0 Å². The summed E-state index contributed by atoms with van der Waals surface area (Å²) >= 11 is 4.83. The highest BCUT2D eigenvalue weighted by Gasteiger charge is 2.20. The van der Waals surface area contributed by atoms with Gasteiger partial charge < -0.3 is 11.5 Å². The van der Waals surface area contributed by atoms with Gasteiger partial charge in [-0.2, -0.15) is 4.31 Å². The van der Waals surface area contributed by atoms with E-state index >= 15 is 0 Å². The summed E-state index contributed by atoms with van der Waals surface area (Å²) in [5.74, 6) is -0.948. The highest BCUT2D eigenvalue weighted by Crippen LogP contribution is 2.11. The number of benzene rings is 1. The van der Waals surface area contributed by atoms with Gasteiger partial charge in [0.05, 0.1) is 12.3 Å². The second-order valence-corrected chi connectivity index (χ2v) is 6.56. The first-order chi connectivity index (χ1) is 8.72. The molecule has 0 aromatic heterocycles. The van der Waals surface area contributed by atoms with Crippen LogP contribution >= 0.6 is 12.2 Å². The summed E-state index contributed by atoms with van der Waals surface area (Å²) in [6.07, 6.45) is 0. The average Bonchev–Trinajstić information content (AvgIpc) is 2.27. The van der Waals surface area contributed by atoms with E-state index in [1.54, 1.807) is 24.3 Å². The van der Waals surface area contributed by atoms with E-state index in [4.69, 9.17) is 23.7 Å². The molecule has 104 valence electrons. The molecule has 0 heterocycles. The number of hydrogen-bond donors (Lipinski definition) is 2. The normalized spacial score (nSPS) is 11.5. The van der Waals surface area contributed by atoms with Gasteiger partial charge in [0, 0.05) is 12.6 Å². The van der Waals surface area contributed by atoms with Crippen LogP contribution in [0.3, 0.4) is 0 Å². The van der Waals surface area contributed by atoms with Crippen molar-refractivity contribution in [2.24, 2.45) is 11.5 Å². The monoisotopic (exact) mass is 301 g/mol. The molecular formula is C11H15N3O3S2. The first-order valence-electron chi connectivity index (χ1n) is 5.33. The van der Waals surface area contributed by atoms with Crippen LogP contribution in [-0.4, -0.2) is 37.2 Å². The molecule has 1 aromatic rings. The highest BCUT2D eigenvalue weighted by atomic mass is 32.2. The summed E-state index contributed by atoms with van der Waals surface area (Å²) in [7, 11) is -2.30. The quantitative estimate of drug-likeness (QED) is 0.693. The van der Waals surface area contributed by atoms with E-state index in [0.29, 0.717) is 11.1 Å². The minimum Gasteiger partial charge on any atom is -0.389 e. The summed E-state index contributed by atoms with van der Waals surface area (Å²) in [4.78, 5) is 10.9. The highest BCUT2D eigenvalue weighted by molar-refractivity contribution is 7.88. The van der Waals surface area contributed by atoms with E-state index in [0.717, 1.165) is 4.31 Å². The number of carbonyl (C=O) groups excluding carboxylic acids is 1. The predicted molar refractivity (Wildman–Crippen MR) is 76.8 cm³/mol. The summed E-state index contributed by atoms with van der Waals surface area (Å²) in [6, 6.07) is 6.63. The number of amides is 1. The Bertz CT molecular complexity index is 599. The Balaban J connectivity index is 2.92. The van der Waals surface area contributed by atoms with E-state index in [2.05, 4.69) is 0 Å². The van der Waals surface area contributed by atoms with Crippen LogP contribution < -0.4 is 11.5 Å². The molecule has 0 saturated carbocycles. The molecule has 0 saturated heterocycles. The smallest absolute Gasteiger partial charge is 0.232 e. The van der Waals surface area contributed by atoms with Crippen LogP contribution in [-0.2, 0) is 20.6 Å². The molecule has 1 amide bonds. The third-order valence-corrected chi connectivity index (χ3v) is 4.43. The number of hydrogen-bond acceptors (Lipinski definition) is 4. The zero-order valence-corrected chi connectivity index (χ0v) is 12.0. The number of rotatable bonds is 6. The van der Waals surface area contributed by atoms with Crippen LogP contribution in [0.15, 0.2) is 24.3 Å². The zero-order chi connectivity index (χ0) is 14.6. The maximum Gasteiger partial charge on any atom is 0.232 e. The Morgan fingerprint density at radius 1 is 1.37 bits per heavy atom. The lowest BCUT2D eigenvalue weighted by Gasteiger charge is -2.15. The summed E-state index contributed by atoms with van der Waals surface area (Å²) in [5, 5.41) is 0. The van der Waals surface area contributed by atoms with E-state index < -0.39 is 15.9 Å². The fourth-order valence-corrected chi connectivity index (χ4v) is 2.73. The largest absolute Gasteiger partial charge is 0.389 e. The lowest BCUT2D eigenvalue weighted by Crippen LogP contribution is -2.36. The molecule has 6 nitrogen and oxygen atoms in total. The Labute approximate surface area is 117 Å². The number of nitrogens with zero attached hydrogens (tertiary/aromatic N) is 1. The number of likely N-dealkylation sites (N-methyl/N-ethyl adjacent to an activating group) is 1. The average molecular weight is 301 g/mol. The summed E-state index contributed by atoms with van der Waals surface area (Å²) < 4.78 is 24.9. The van der Waals surface area contributed by atoms with Crippen molar-refractivity contribution in [3.63, 3.8) is 0 Å². The molecule has 0 bridgehead atoms. The van der Waals surface area contributed by atoms with Gasteiger partial charge in [-0.05, 0) is 11.6 Å². The van der Waals surface area contributed by atoms with E-state index in [1.165, 1.54) is 7.05 Å². The number of thiocarbonyl (C=S) groups is 1. The lowest BCUT2D eigenvalue weighted by molar-refractivity contribution is -0.118. The second-order valence-electron chi connectivity index (χ2n) is 4.04. The van der Waals surface area contributed by atoms with Gasteiger partial charge in [0.15, 0.2) is 0 Å². The first-order valence-corrected chi connectivity index (χ1v) is 7.35. The molecule has 1 aromatic carbocycles. The van der Waals surface area contributed by atoms with Crippen molar-refractivity contribution in [2.75, 3.05) is 13.6 Å². The molecule has 0 aliphatic carbocycles. The van der Waals surface area contributed by atoms with Gasteiger partial charge in [0.1, 0.15) is 4.99 Å². The Morgan fingerprint density at radius 3 is 2.53 bits per heavy atom. The van der Waals surface area contributed by atoms with Crippen molar-refractivity contribution in [3.05, 3.63) is 35.4 Å². The third-order valence-electron chi connectivity index (χ3n) is 2.41. The van der Waals surface area contributed by atoms with Crippen LogP contribution in [0.1, 0.15) is 11.1 Å². The van der Waals surface area contributed by atoms with E-state index in [1.807, 2.05) is 0 Å². The number of primary amides is 1.